The molecule has 0 spiro atoms. The first-order valence-electron chi connectivity index (χ1n) is 11.3. The van der Waals surface area contributed by atoms with Crippen molar-refractivity contribution in [3.8, 4) is 0 Å². The van der Waals surface area contributed by atoms with Gasteiger partial charge in [0.2, 0.25) is 0 Å². The number of aryl methyl sites for hydroxylation is 1. The third kappa shape index (κ3) is 5.16. The summed E-state index contributed by atoms with van der Waals surface area (Å²) in [4.78, 5) is 32.0. The second-order valence-corrected chi connectivity index (χ2v) is 8.32. The van der Waals surface area contributed by atoms with E-state index in [1.807, 2.05) is 36.1 Å². The molecule has 0 aliphatic carbocycles. The molecule has 0 bridgehead atoms. The molecule has 0 saturated carbocycles. The van der Waals surface area contributed by atoms with E-state index in [9.17, 15) is 22.8 Å². The highest BCUT2D eigenvalue weighted by Gasteiger charge is 2.30. The van der Waals surface area contributed by atoms with Gasteiger partial charge in [-0.05, 0) is 49.6 Å². The molecule has 0 radical (unpaired) electrons. The Morgan fingerprint density at radius 2 is 1.85 bits per heavy atom. The molecule has 180 valence electrons. The molecule has 1 aromatic heterocycles. The van der Waals surface area contributed by atoms with E-state index in [4.69, 9.17) is 0 Å². The van der Waals surface area contributed by atoms with Gasteiger partial charge >= 0.3 is 12.2 Å². The highest BCUT2D eigenvalue weighted by Crippen LogP contribution is 2.30. The second-order valence-electron chi connectivity index (χ2n) is 8.32. The van der Waals surface area contributed by atoms with Crippen LogP contribution in [0.4, 0.5) is 29.5 Å². The summed E-state index contributed by atoms with van der Waals surface area (Å²) in [5.41, 5.74) is 0.679. The quantitative estimate of drug-likeness (QED) is 0.567. The van der Waals surface area contributed by atoms with E-state index in [2.05, 4.69) is 15.6 Å². The van der Waals surface area contributed by atoms with Gasteiger partial charge in [-0.25, -0.2) is 9.78 Å². The minimum atomic E-state index is -4.48. The van der Waals surface area contributed by atoms with Gasteiger partial charge < -0.3 is 20.1 Å². The summed E-state index contributed by atoms with van der Waals surface area (Å²) >= 11 is 0. The molecule has 0 unspecified atom stereocenters. The minimum Gasteiger partial charge on any atom is -0.352 e. The lowest BCUT2D eigenvalue weighted by atomic mass is 10.1. The zero-order chi connectivity index (χ0) is 24.3. The molecule has 0 atom stereocenters. The van der Waals surface area contributed by atoms with Crippen LogP contribution in [0.15, 0.2) is 53.3 Å². The van der Waals surface area contributed by atoms with Crippen molar-refractivity contribution in [2.24, 2.45) is 0 Å². The smallest absolute Gasteiger partial charge is 0.352 e. The average Bonchev–Trinajstić information content (AvgIpc) is 2.81. The number of aromatic nitrogens is 2. The Bertz CT molecular complexity index is 1230. The number of anilines is 2. The van der Waals surface area contributed by atoms with E-state index in [1.165, 1.54) is 12.1 Å². The number of rotatable bonds is 5. The summed E-state index contributed by atoms with van der Waals surface area (Å²) < 4.78 is 40.4. The number of hydrogen-bond acceptors (Lipinski definition) is 4. The van der Waals surface area contributed by atoms with Crippen molar-refractivity contribution in [1.82, 2.24) is 14.9 Å². The number of nitrogens with one attached hydrogen (secondary N) is 2. The third-order valence-electron chi connectivity index (χ3n) is 5.86. The van der Waals surface area contributed by atoms with Crippen molar-refractivity contribution in [3.05, 3.63) is 64.4 Å². The standard InChI is InChI=1S/C24H26F3N5O2/c1-2-12-32-20-9-4-3-8-19(20)30-21(22(32)33)31-13-10-17(11-14-31)28-23(34)29-18-7-5-6-16(15-18)24(25,26)27/h3-9,15,17H,2,10-14H2,1H3,(H2,28,29,34). The number of carbonyl (C=O) groups is 1. The van der Waals surface area contributed by atoms with Crippen molar-refractivity contribution in [3.63, 3.8) is 0 Å². The van der Waals surface area contributed by atoms with Gasteiger partial charge in [0.25, 0.3) is 5.56 Å². The average molecular weight is 473 g/mol. The summed E-state index contributed by atoms with van der Waals surface area (Å²) in [7, 11) is 0. The van der Waals surface area contributed by atoms with Crippen LogP contribution in [0.3, 0.4) is 0 Å². The number of benzene rings is 2. The first kappa shape index (κ1) is 23.6. The summed E-state index contributed by atoms with van der Waals surface area (Å²) in [6.07, 6.45) is -2.50. The minimum absolute atomic E-state index is 0.0709. The highest BCUT2D eigenvalue weighted by atomic mass is 19.4. The zero-order valence-electron chi connectivity index (χ0n) is 18.7. The van der Waals surface area contributed by atoms with E-state index in [1.54, 1.807) is 4.57 Å². The molecule has 1 aliphatic rings. The molecule has 2 amide bonds. The molecule has 34 heavy (non-hydrogen) atoms. The summed E-state index contributed by atoms with van der Waals surface area (Å²) in [6.45, 7) is 3.67. The van der Waals surface area contributed by atoms with Gasteiger partial charge in [0.15, 0.2) is 5.82 Å². The van der Waals surface area contributed by atoms with Crippen molar-refractivity contribution in [2.45, 2.75) is 44.9 Å². The molecule has 2 heterocycles. The van der Waals surface area contributed by atoms with E-state index in [-0.39, 0.29) is 17.3 Å². The van der Waals surface area contributed by atoms with Gasteiger partial charge in [-0.2, -0.15) is 13.2 Å². The number of hydrogen-bond donors (Lipinski definition) is 2. The largest absolute Gasteiger partial charge is 0.416 e. The number of urea groups is 1. The van der Waals surface area contributed by atoms with Gasteiger partial charge in [0.1, 0.15) is 0 Å². The van der Waals surface area contributed by atoms with Gasteiger partial charge in [-0.1, -0.05) is 25.1 Å². The van der Waals surface area contributed by atoms with E-state index < -0.39 is 17.8 Å². The number of alkyl halides is 3. The molecular formula is C24H26F3N5O2. The van der Waals surface area contributed by atoms with Crippen LogP contribution >= 0.6 is 0 Å². The van der Waals surface area contributed by atoms with Crippen LogP contribution in [0.5, 0.6) is 0 Å². The number of fused-ring (bicyclic) bond motifs is 1. The van der Waals surface area contributed by atoms with Crippen LogP contribution in [0.1, 0.15) is 31.7 Å². The molecule has 1 fully saturated rings. The zero-order valence-corrected chi connectivity index (χ0v) is 18.7. The molecule has 10 heteroatoms. The number of piperidine rings is 1. The third-order valence-corrected chi connectivity index (χ3v) is 5.86. The fourth-order valence-electron chi connectivity index (χ4n) is 4.19. The van der Waals surface area contributed by atoms with Crippen molar-refractivity contribution >= 4 is 28.6 Å². The van der Waals surface area contributed by atoms with E-state index in [0.29, 0.717) is 38.3 Å². The van der Waals surface area contributed by atoms with E-state index in [0.717, 1.165) is 29.6 Å². The summed E-state index contributed by atoms with van der Waals surface area (Å²) in [5, 5.41) is 5.28. The Morgan fingerprint density at radius 3 is 2.56 bits per heavy atom. The van der Waals surface area contributed by atoms with Gasteiger partial charge in [0.05, 0.1) is 16.6 Å². The lowest BCUT2D eigenvalue weighted by molar-refractivity contribution is -0.137. The van der Waals surface area contributed by atoms with E-state index >= 15 is 0 Å². The summed E-state index contributed by atoms with van der Waals surface area (Å²) in [5.74, 6) is 0.402. The fraction of sp³-hybridized carbons (Fsp3) is 0.375. The van der Waals surface area contributed by atoms with Gasteiger partial charge in [-0.15, -0.1) is 0 Å². The normalized spacial score (nSPS) is 14.9. The molecule has 4 rings (SSSR count). The molecule has 1 aliphatic heterocycles. The number of nitrogens with zero attached hydrogens (tertiary/aromatic N) is 3. The van der Waals surface area contributed by atoms with Crippen LogP contribution in [0.25, 0.3) is 11.0 Å². The van der Waals surface area contributed by atoms with Crippen LogP contribution < -0.4 is 21.1 Å². The highest BCUT2D eigenvalue weighted by molar-refractivity contribution is 5.89. The van der Waals surface area contributed by atoms with Crippen LogP contribution in [0.2, 0.25) is 0 Å². The first-order valence-corrected chi connectivity index (χ1v) is 11.3. The molecule has 2 aromatic carbocycles. The van der Waals surface area contributed by atoms with Crippen molar-refractivity contribution < 1.29 is 18.0 Å². The SMILES string of the molecule is CCCn1c(=O)c(N2CCC(NC(=O)Nc3cccc(C(F)(F)F)c3)CC2)nc2ccccc21. The molecule has 3 aromatic rings. The molecular weight excluding hydrogens is 447 g/mol. The van der Waals surface area contributed by atoms with Crippen molar-refractivity contribution in [2.75, 3.05) is 23.3 Å². The molecule has 1 saturated heterocycles. The monoisotopic (exact) mass is 473 g/mol. The van der Waals surface area contributed by atoms with Gasteiger partial charge in [0, 0.05) is 31.4 Å². The van der Waals surface area contributed by atoms with Crippen LogP contribution in [0, 0.1) is 0 Å². The number of amides is 2. The summed E-state index contributed by atoms with van der Waals surface area (Å²) in [6, 6.07) is 11.3. The molecule has 2 N–H and O–H groups in total. The Balaban J connectivity index is 1.40. The maximum absolute atomic E-state index is 13.1. The lowest BCUT2D eigenvalue weighted by Crippen LogP contribution is -2.47. The number of halogens is 3. The predicted molar refractivity (Wildman–Crippen MR) is 125 cm³/mol. The Hall–Kier alpha value is -3.56. The topological polar surface area (TPSA) is 79.3 Å². The second kappa shape index (κ2) is 9.74. The maximum atomic E-state index is 13.1. The fourth-order valence-corrected chi connectivity index (χ4v) is 4.19. The predicted octanol–water partition coefficient (Wildman–Crippen LogP) is 4.62. The van der Waals surface area contributed by atoms with Crippen molar-refractivity contribution in [1.29, 1.82) is 0 Å². The number of para-hydroxylation sites is 2. The molecule has 7 nitrogen and oxygen atoms in total. The first-order chi connectivity index (χ1) is 16.3. The maximum Gasteiger partial charge on any atom is 0.416 e. The Labute approximate surface area is 194 Å². The Kier molecular flexibility index (Phi) is 6.76. The van der Waals surface area contributed by atoms with Crippen LogP contribution in [-0.2, 0) is 12.7 Å². The van der Waals surface area contributed by atoms with Gasteiger partial charge in [-0.3, -0.25) is 4.79 Å². The number of carbonyl (C=O) groups excluding carboxylic acids is 1. The lowest BCUT2D eigenvalue weighted by Gasteiger charge is -2.33. The Morgan fingerprint density at radius 1 is 1.12 bits per heavy atom. The van der Waals surface area contributed by atoms with Crippen LogP contribution in [-0.4, -0.2) is 34.7 Å².